The third kappa shape index (κ3) is 4.45. The van der Waals surface area contributed by atoms with E-state index in [1.54, 1.807) is 0 Å². The summed E-state index contributed by atoms with van der Waals surface area (Å²) in [6.07, 6.45) is 0. The molecule has 0 saturated carbocycles. The molecule has 0 unspecified atom stereocenters. The Hall–Kier alpha value is -7.82. The van der Waals surface area contributed by atoms with Gasteiger partial charge in [0, 0.05) is 60.0 Å². The molecule has 0 radical (unpaired) electrons. The Balaban J connectivity index is 1.01. The van der Waals surface area contributed by atoms with E-state index < -0.39 is 0 Å². The van der Waals surface area contributed by atoms with E-state index in [-0.39, 0.29) is 0 Å². The Kier molecular flexibility index (Phi) is 6.41. The molecule has 270 valence electrons. The standard InChI is InChI=1S/C54H32N2O2/c1-2-11-36(12-3-1)55-47-18-7-4-13-39(47)43-29-34(23-27-48(43)55)35-24-28-49-44(30-35)45-32-53-46(41-15-6-8-19-51(41)57-53)31-50(45)56(49)37-25-21-33(22-26-37)38-16-10-17-42-40-14-5-9-20-52(40)58-54(38)42/h1-32H. The molecule has 0 spiro atoms. The van der Waals surface area contributed by atoms with Crippen molar-refractivity contribution in [3.05, 3.63) is 194 Å². The Bertz CT molecular complexity index is 3780. The van der Waals surface area contributed by atoms with Gasteiger partial charge in [-0.05, 0) is 95.6 Å². The minimum absolute atomic E-state index is 0.891. The van der Waals surface area contributed by atoms with E-state index in [1.165, 1.54) is 38.3 Å². The first-order chi connectivity index (χ1) is 28.7. The second-order valence-corrected chi connectivity index (χ2v) is 15.3. The van der Waals surface area contributed by atoms with Crippen molar-refractivity contribution in [2.24, 2.45) is 0 Å². The summed E-state index contributed by atoms with van der Waals surface area (Å²) in [5, 5.41) is 9.31. The fraction of sp³-hybridized carbons (Fsp3) is 0. The Morgan fingerprint density at radius 3 is 1.57 bits per heavy atom. The zero-order chi connectivity index (χ0) is 37.9. The van der Waals surface area contributed by atoms with E-state index >= 15 is 0 Å². The van der Waals surface area contributed by atoms with E-state index in [0.29, 0.717) is 0 Å². The summed E-state index contributed by atoms with van der Waals surface area (Å²) in [6, 6.07) is 69.6. The zero-order valence-electron chi connectivity index (χ0n) is 31.2. The van der Waals surface area contributed by atoms with Crippen LogP contribution in [0.15, 0.2) is 203 Å². The lowest BCUT2D eigenvalue weighted by atomic mass is 10.0. The van der Waals surface area contributed by atoms with Gasteiger partial charge < -0.3 is 18.0 Å². The maximum atomic E-state index is 6.47. The molecule has 0 N–H and O–H groups in total. The lowest BCUT2D eigenvalue weighted by molar-refractivity contribution is 0.669. The molecule has 4 heterocycles. The third-order valence-electron chi connectivity index (χ3n) is 12.1. The van der Waals surface area contributed by atoms with Crippen LogP contribution in [0, 0.1) is 0 Å². The normalized spacial score (nSPS) is 12.1. The van der Waals surface area contributed by atoms with Gasteiger partial charge >= 0.3 is 0 Å². The highest BCUT2D eigenvalue weighted by molar-refractivity contribution is 6.18. The molecule has 0 atom stereocenters. The maximum Gasteiger partial charge on any atom is 0.143 e. The number of para-hydroxylation sites is 5. The first-order valence-electron chi connectivity index (χ1n) is 19.7. The van der Waals surface area contributed by atoms with Crippen molar-refractivity contribution in [2.45, 2.75) is 0 Å². The first-order valence-corrected chi connectivity index (χ1v) is 19.7. The predicted molar refractivity (Wildman–Crippen MR) is 241 cm³/mol. The van der Waals surface area contributed by atoms with Crippen LogP contribution in [0.3, 0.4) is 0 Å². The van der Waals surface area contributed by atoms with Crippen LogP contribution in [0.1, 0.15) is 0 Å². The monoisotopic (exact) mass is 740 g/mol. The summed E-state index contributed by atoms with van der Waals surface area (Å²) >= 11 is 0. The van der Waals surface area contributed by atoms with Gasteiger partial charge in [-0.1, -0.05) is 115 Å². The van der Waals surface area contributed by atoms with Gasteiger partial charge in [0.25, 0.3) is 0 Å². The number of fused-ring (bicyclic) bond motifs is 12. The topological polar surface area (TPSA) is 36.1 Å². The quantitative estimate of drug-likeness (QED) is 0.180. The van der Waals surface area contributed by atoms with Gasteiger partial charge in [-0.25, -0.2) is 0 Å². The SMILES string of the molecule is c1ccc(-n2c3ccccc3c3cc(-c4ccc5c(c4)c4cc6oc7ccccc7c6cc4n5-c4ccc(-c5cccc6c5oc5ccccc56)cc4)ccc32)cc1. The first kappa shape index (κ1) is 31.4. The van der Waals surface area contributed by atoms with Crippen molar-refractivity contribution in [1.82, 2.24) is 9.13 Å². The highest BCUT2D eigenvalue weighted by atomic mass is 16.3. The van der Waals surface area contributed by atoms with E-state index in [2.05, 4.69) is 185 Å². The van der Waals surface area contributed by atoms with Crippen molar-refractivity contribution in [3.8, 4) is 33.6 Å². The fourth-order valence-corrected chi connectivity index (χ4v) is 9.47. The second-order valence-electron chi connectivity index (χ2n) is 15.3. The molecule has 0 amide bonds. The summed E-state index contributed by atoms with van der Waals surface area (Å²) in [7, 11) is 0. The van der Waals surface area contributed by atoms with E-state index in [1.807, 2.05) is 18.2 Å². The summed E-state index contributed by atoms with van der Waals surface area (Å²) in [4.78, 5) is 0. The van der Waals surface area contributed by atoms with Crippen molar-refractivity contribution in [1.29, 1.82) is 0 Å². The van der Waals surface area contributed by atoms with Crippen LogP contribution in [-0.4, -0.2) is 9.13 Å². The number of furan rings is 2. The van der Waals surface area contributed by atoms with E-state index in [9.17, 15) is 0 Å². The van der Waals surface area contributed by atoms with Crippen LogP contribution in [0.5, 0.6) is 0 Å². The summed E-state index contributed by atoms with van der Waals surface area (Å²) < 4.78 is 17.7. The molecule has 0 fully saturated rings. The van der Waals surface area contributed by atoms with Crippen molar-refractivity contribution >= 4 is 87.5 Å². The number of rotatable bonds is 4. The molecule has 0 bridgehead atoms. The van der Waals surface area contributed by atoms with Crippen LogP contribution in [0.25, 0.3) is 121 Å². The Morgan fingerprint density at radius 2 is 0.810 bits per heavy atom. The molecule has 0 aliphatic rings. The molecule has 13 aromatic rings. The number of aromatic nitrogens is 2. The van der Waals surface area contributed by atoms with Gasteiger partial charge in [0.1, 0.15) is 22.3 Å². The van der Waals surface area contributed by atoms with Crippen LogP contribution >= 0.6 is 0 Å². The summed E-state index contributed by atoms with van der Waals surface area (Å²) in [5.74, 6) is 0. The van der Waals surface area contributed by atoms with Gasteiger partial charge in [-0.3, -0.25) is 0 Å². The Labute approximate surface area is 332 Å². The molecule has 4 aromatic heterocycles. The Morgan fingerprint density at radius 1 is 0.276 bits per heavy atom. The van der Waals surface area contributed by atoms with Gasteiger partial charge in [0.15, 0.2) is 0 Å². The molecule has 0 aliphatic heterocycles. The number of benzene rings is 9. The minimum atomic E-state index is 0.891. The maximum absolute atomic E-state index is 6.47. The highest BCUT2D eigenvalue weighted by Gasteiger charge is 2.19. The van der Waals surface area contributed by atoms with Crippen LogP contribution in [0.2, 0.25) is 0 Å². The highest BCUT2D eigenvalue weighted by Crippen LogP contribution is 2.42. The van der Waals surface area contributed by atoms with Gasteiger partial charge in [-0.2, -0.15) is 0 Å². The number of hydrogen-bond donors (Lipinski definition) is 0. The lowest BCUT2D eigenvalue weighted by Crippen LogP contribution is -1.94. The summed E-state index contributed by atoms with van der Waals surface area (Å²) in [5.41, 5.74) is 15.1. The lowest BCUT2D eigenvalue weighted by Gasteiger charge is -2.10. The van der Waals surface area contributed by atoms with Gasteiger partial charge in [0.05, 0.1) is 22.1 Å². The smallest absolute Gasteiger partial charge is 0.143 e. The average molecular weight is 741 g/mol. The van der Waals surface area contributed by atoms with Gasteiger partial charge in [0.2, 0.25) is 0 Å². The minimum Gasteiger partial charge on any atom is -0.456 e. The van der Waals surface area contributed by atoms with Crippen LogP contribution in [-0.2, 0) is 0 Å². The van der Waals surface area contributed by atoms with Crippen molar-refractivity contribution < 1.29 is 8.83 Å². The predicted octanol–water partition coefficient (Wildman–Crippen LogP) is 15.0. The molecule has 0 saturated heterocycles. The van der Waals surface area contributed by atoms with Crippen LogP contribution < -0.4 is 0 Å². The van der Waals surface area contributed by atoms with E-state index in [0.717, 1.165) is 82.8 Å². The van der Waals surface area contributed by atoms with Crippen molar-refractivity contribution in [3.63, 3.8) is 0 Å². The molecule has 58 heavy (non-hydrogen) atoms. The van der Waals surface area contributed by atoms with Crippen LogP contribution in [0.4, 0.5) is 0 Å². The third-order valence-corrected chi connectivity index (χ3v) is 12.1. The number of hydrogen-bond acceptors (Lipinski definition) is 2. The van der Waals surface area contributed by atoms with Crippen molar-refractivity contribution in [2.75, 3.05) is 0 Å². The molecular formula is C54H32N2O2. The van der Waals surface area contributed by atoms with Gasteiger partial charge in [-0.15, -0.1) is 0 Å². The molecule has 13 rings (SSSR count). The molecule has 0 aliphatic carbocycles. The van der Waals surface area contributed by atoms with E-state index in [4.69, 9.17) is 8.83 Å². The molecule has 4 heteroatoms. The molecule has 9 aromatic carbocycles. The zero-order valence-corrected chi connectivity index (χ0v) is 31.2. The second kappa shape index (κ2) is 11.8. The molecular weight excluding hydrogens is 709 g/mol. The fourth-order valence-electron chi connectivity index (χ4n) is 9.47. The average Bonchev–Trinajstić information content (AvgIpc) is 4.03. The number of nitrogens with zero attached hydrogens (tertiary/aromatic N) is 2. The largest absolute Gasteiger partial charge is 0.456 e. The molecule has 4 nitrogen and oxygen atoms in total. The summed E-state index contributed by atoms with van der Waals surface area (Å²) in [6.45, 7) is 0.